The number of morpholine rings is 1. The lowest BCUT2D eigenvalue weighted by Crippen LogP contribution is -2.34. The molecule has 1 atom stereocenters. The van der Waals surface area contributed by atoms with Crippen LogP contribution < -0.4 is 5.32 Å². The van der Waals surface area contributed by atoms with Crippen LogP contribution in [0.3, 0.4) is 0 Å². The molecule has 70 valence electrons. The van der Waals surface area contributed by atoms with Crippen LogP contribution in [-0.2, 0) is 4.74 Å². The summed E-state index contributed by atoms with van der Waals surface area (Å²) in [7, 11) is 0. The molecule has 3 nitrogen and oxygen atoms in total. The molecule has 1 aromatic rings. The Morgan fingerprint density at radius 2 is 2.54 bits per heavy atom. The van der Waals surface area contributed by atoms with Crippen LogP contribution in [0.15, 0.2) is 18.5 Å². The summed E-state index contributed by atoms with van der Waals surface area (Å²) in [5.74, 6) is 0. The predicted octanol–water partition coefficient (Wildman–Crippen LogP) is 1.40. The molecule has 1 aromatic heterocycles. The van der Waals surface area contributed by atoms with Crippen LogP contribution in [0.4, 0.5) is 0 Å². The van der Waals surface area contributed by atoms with E-state index in [4.69, 9.17) is 16.3 Å². The van der Waals surface area contributed by atoms with Crippen LogP contribution in [0.5, 0.6) is 0 Å². The molecule has 1 N–H and O–H groups in total. The van der Waals surface area contributed by atoms with Gasteiger partial charge in [0.05, 0.1) is 19.3 Å². The number of hydrogen-bond acceptors (Lipinski definition) is 3. The van der Waals surface area contributed by atoms with Crippen LogP contribution in [0.25, 0.3) is 0 Å². The van der Waals surface area contributed by atoms with Gasteiger partial charge in [0.15, 0.2) is 0 Å². The fraction of sp³-hybridized carbons (Fsp3) is 0.444. The largest absolute Gasteiger partial charge is 0.378 e. The lowest BCUT2D eigenvalue weighted by atomic mass is 10.1. The SMILES string of the molecule is Clc1ccncc1C1COCCN1. The molecule has 4 heteroatoms. The zero-order valence-corrected chi connectivity index (χ0v) is 7.92. The minimum Gasteiger partial charge on any atom is -0.378 e. The van der Waals surface area contributed by atoms with Crippen molar-refractivity contribution in [3.05, 3.63) is 29.0 Å². The van der Waals surface area contributed by atoms with Gasteiger partial charge < -0.3 is 10.1 Å². The monoisotopic (exact) mass is 198 g/mol. The Hall–Kier alpha value is -0.640. The second-order valence-electron chi connectivity index (χ2n) is 2.98. The van der Waals surface area contributed by atoms with Gasteiger partial charge in [-0.05, 0) is 6.07 Å². The second kappa shape index (κ2) is 4.05. The molecular formula is C9H11ClN2O. The van der Waals surface area contributed by atoms with Gasteiger partial charge in [-0.2, -0.15) is 0 Å². The number of nitrogens with one attached hydrogen (secondary N) is 1. The number of pyridine rings is 1. The van der Waals surface area contributed by atoms with Gasteiger partial charge in [0.25, 0.3) is 0 Å². The van der Waals surface area contributed by atoms with E-state index in [0.29, 0.717) is 6.61 Å². The molecule has 1 saturated heterocycles. The number of hydrogen-bond donors (Lipinski definition) is 1. The van der Waals surface area contributed by atoms with E-state index in [0.717, 1.165) is 23.7 Å². The fourth-order valence-corrected chi connectivity index (χ4v) is 1.65. The van der Waals surface area contributed by atoms with Gasteiger partial charge in [-0.3, -0.25) is 4.98 Å². The number of halogens is 1. The summed E-state index contributed by atoms with van der Waals surface area (Å²) in [5, 5.41) is 4.07. The zero-order chi connectivity index (χ0) is 9.10. The number of ether oxygens (including phenoxy) is 1. The van der Waals surface area contributed by atoms with E-state index in [1.165, 1.54) is 0 Å². The Morgan fingerprint density at radius 3 is 3.23 bits per heavy atom. The number of nitrogens with zero attached hydrogens (tertiary/aromatic N) is 1. The Balaban J connectivity index is 2.18. The first kappa shape index (κ1) is 8.94. The minimum absolute atomic E-state index is 0.190. The molecule has 0 amide bonds. The highest BCUT2D eigenvalue weighted by Crippen LogP contribution is 2.22. The van der Waals surface area contributed by atoms with Crippen molar-refractivity contribution in [3.63, 3.8) is 0 Å². The van der Waals surface area contributed by atoms with Gasteiger partial charge in [0.2, 0.25) is 0 Å². The van der Waals surface area contributed by atoms with E-state index in [2.05, 4.69) is 10.3 Å². The van der Waals surface area contributed by atoms with Crippen LogP contribution in [0.2, 0.25) is 5.02 Å². The maximum absolute atomic E-state index is 6.02. The molecule has 1 unspecified atom stereocenters. The smallest absolute Gasteiger partial charge is 0.0663 e. The van der Waals surface area contributed by atoms with Gasteiger partial charge in [-0.15, -0.1) is 0 Å². The van der Waals surface area contributed by atoms with Crippen molar-refractivity contribution in [1.29, 1.82) is 0 Å². The van der Waals surface area contributed by atoms with Crippen molar-refractivity contribution >= 4 is 11.6 Å². The maximum atomic E-state index is 6.02. The Bertz CT molecular complexity index is 287. The third-order valence-corrected chi connectivity index (χ3v) is 2.44. The third-order valence-electron chi connectivity index (χ3n) is 2.09. The van der Waals surface area contributed by atoms with Gasteiger partial charge in [0.1, 0.15) is 0 Å². The van der Waals surface area contributed by atoms with Crippen molar-refractivity contribution in [1.82, 2.24) is 10.3 Å². The quantitative estimate of drug-likeness (QED) is 0.741. The van der Waals surface area contributed by atoms with Crippen molar-refractivity contribution < 1.29 is 4.74 Å². The molecule has 1 fully saturated rings. The maximum Gasteiger partial charge on any atom is 0.0663 e. The molecule has 0 bridgehead atoms. The first-order valence-corrected chi connectivity index (χ1v) is 4.66. The van der Waals surface area contributed by atoms with Gasteiger partial charge in [-0.1, -0.05) is 11.6 Å². The van der Waals surface area contributed by atoms with E-state index in [-0.39, 0.29) is 6.04 Å². The highest BCUT2D eigenvalue weighted by molar-refractivity contribution is 6.31. The minimum atomic E-state index is 0.190. The normalized spacial score (nSPS) is 23.0. The first-order chi connectivity index (χ1) is 6.38. The van der Waals surface area contributed by atoms with Gasteiger partial charge >= 0.3 is 0 Å². The summed E-state index contributed by atoms with van der Waals surface area (Å²) in [4.78, 5) is 4.04. The average molecular weight is 199 g/mol. The molecule has 1 aliphatic heterocycles. The summed E-state index contributed by atoms with van der Waals surface area (Å²) >= 11 is 6.02. The molecule has 0 saturated carbocycles. The molecular weight excluding hydrogens is 188 g/mol. The average Bonchev–Trinajstić information content (AvgIpc) is 2.20. The van der Waals surface area contributed by atoms with E-state index in [1.807, 2.05) is 0 Å². The molecule has 1 aliphatic rings. The van der Waals surface area contributed by atoms with Crippen molar-refractivity contribution in [2.75, 3.05) is 19.8 Å². The summed E-state index contributed by atoms with van der Waals surface area (Å²) in [5.41, 5.74) is 1.02. The van der Waals surface area contributed by atoms with E-state index < -0.39 is 0 Å². The molecule has 0 aliphatic carbocycles. The molecule has 0 radical (unpaired) electrons. The fourth-order valence-electron chi connectivity index (χ4n) is 1.41. The van der Waals surface area contributed by atoms with Crippen molar-refractivity contribution in [2.45, 2.75) is 6.04 Å². The molecule has 13 heavy (non-hydrogen) atoms. The molecule has 2 heterocycles. The Kier molecular flexibility index (Phi) is 2.78. The lowest BCUT2D eigenvalue weighted by molar-refractivity contribution is 0.0768. The summed E-state index contributed by atoms with van der Waals surface area (Å²) in [6.07, 6.45) is 3.48. The van der Waals surface area contributed by atoms with Crippen molar-refractivity contribution in [2.24, 2.45) is 0 Å². The summed E-state index contributed by atoms with van der Waals surface area (Å²) < 4.78 is 5.34. The number of aromatic nitrogens is 1. The van der Waals surface area contributed by atoms with Crippen LogP contribution in [0, 0.1) is 0 Å². The van der Waals surface area contributed by atoms with Crippen molar-refractivity contribution in [3.8, 4) is 0 Å². The highest BCUT2D eigenvalue weighted by atomic mass is 35.5. The topological polar surface area (TPSA) is 34.1 Å². The molecule has 0 spiro atoms. The number of rotatable bonds is 1. The van der Waals surface area contributed by atoms with Crippen LogP contribution >= 0.6 is 11.6 Å². The van der Waals surface area contributed by atoms with Gasteiger partial charge in [-0.25, -0.2) is 0 Å². The first-order valence-electron chi connectivity index (χ1n) is 4.28. The van der Waals surface area contributed by atoms with Gasteiger partial charge in [0, 0.05) is 29.5 Å². The van der Waals surface area contributed by atoms with E-state index >= 15 is 0 Å². The van der Waals surface area contributed by atoms with Crippen LogP contribution in [0.1, 0.15) is 11.6 Å². The van der Waals surface area contributed by atoms with E-state index in [9.17, 15) is 0 Å². The molecule has 2 rings (SSSR count). The zero-order valence-electron chi connectivity index (χ0n) is 7.16. The summed E-state index contributed by atoms with van der Waals surface area (Å²) in [6, 6.07) is 1.99. The lowest BCUT2D eigenvalue weighted by Gasteiger charge is -2.24. The Morgan fingerprint density at radius 1 is 1.62 bits per heavy atom. The standard InChI is InChI=1S/C9H11ClN2O/c10-8-1-2-11-5-7(8)9-6-13-4-3-12-9/h1-2,5,9,12H,3-4,6H2. The third kappa shape index (κ3) is 1.99. The second-order valence-corrected chi connectivity index (χ2v) is 3.39. The Labute approximate surface area is 82.1 Å². The molecule has 0 aromatic carbocycles. The highest BCUT2D eigenvalue weighted by Gasteiger charge is 2.17. The van der Waals surface area contributed by atoms with E-state index in [1.54, 1.807) is 18.5 Å². The predicted molar refractivity (Wildman–Crippen MR) is 50.8 cm³/mol. The summed E-state index contributed by atoms with van der Waals surface area (Å²) in [6.45, 7) is 2.32. The van der Waals surface area contributed by atoms with Crippen LogP contribution in [-0.4, -0.2) is 24.7 Å².